The predicted octanol–water partition coefficient (Wildman–Crippen LogP) is 3.18. The molecule has 0 aliphatic heterocycles. The molecule has 1 aliphatic carbocycles. The van der Waals surface area contributed by atoms with Crippen LogP contribution in [0.15, 0.2) is 58.3 Å². The lowest BCUT2D eigenvalue weighted by atomic mass is 10.1. The van der Waals surface area contributed by atoms with E-state index in [1.807, 2.05) is 42.5 Å². The molecule has 1 aliphatic rings. The molecule has 1 aromatic carbocycles. The van der Waals surface area contributed by atoms with Gasteiger partial charge >= 0.3 is 0 Å². The van der Waals surface area contributed by atoms with Crippen molar-refractivity contribution in [1.29, 1.82) is 0 Å². The molecule has 1 amide bonds. The van der Waals surface area contributed by atoms with Gasteiger partial charge in [0.1, 0.15) is 10.9 Å². The fourth-order valence-electron chi connectivity index (χ4n) is 2.34. The summed E-state index contributed by atoms with van der Waals surface area (Å²) in [6.07, 6.45) is 3.90. The van der Waals surface area contributed by atoms with Crippen LogP contribution in [0.3, 0.4) is 0 Å². The summed E-state index contributed by atoms with van der Waals surface area (Å²) in [5.41, 5.74) is 1.67. The molecule has 4 rings (SSSR count). The van der Waals surface area contributed by atoms with E-state index in [-0.39, 0.29) is 5.91 Å². The Bertz CT molecular complexity index is 812. The van der Waals surface area contributed by atoms with Gasteiger partial charge in [-0.25, -0.2) is 0 Å². The van der Waals surface area contributed by atoms with Crippen LogP contribution in [-0.2, 0) is 4.79 Å². The zero-order valence-corrected chi connectivity index (χ0v) is 13.6. The normalized spacial score (nSPS) is 15.2. The van der Waals surface area contributed by atoms with Crippen molar-refractivity contribution in [3.63, 3.8) is 0 Å². The van der Waals surface area contributed by atoms with E-state index < -0.39 is 5.25 Å². The quantitative estimate of drug-likeness (QED) is 0.673. The number of nitrogens with one attached hydrogen (secondary N) is 2. The molecule has 2 heterocycles. The lowest BCUT2D eigenvalue weighted by molar-refractivity contribution is -0.120. The first-order chi connectivity index (χ1) is 11.8. The van der Waals surface area contributed by atoms with Gasteiger partial charge in [-0.1, -0.05) is 30.3 Å². The second-order valence-electron chi connectivity index (χ2n) is 5.65. The highest BCUT2D eigenvalue weighted by Gasteiger charge is 2.30. The van der Waals surface area contributed by atoms with E-state index in [0.29, 0.717) is 17.2 Å². The SMILES string of the molecule is O=C(NC1CC1)C(Sc1nnc(-c2ccc[nH]2)o1)c1ccccc1. The number of hydrogen-bond donors (Lipinski definition) is 2. The minimum atomic E-state index is -0.413. The number of thioether (sulfide) groups is 1. The molecule has 0 radical (unpaired) electrons. The molecule has 1 saturated carbocycles. The minimum absolute atomic E-state index is 0.0201. The van der Waals surface area contributed by atoms with Gasteiger partial charge in [-0.15, -0.1) is 10.2 Å². The third kappa shape index (κ3) is 3.35. The van der Waals surface area contributed by atoms with E-state index in [4.69, 9.17) is 4.42 Å². The van der Waals surface area contributed by atoms with Gasteiger partial charge in [-0.05, 0) is 42.3 Å². The summed E-state index contributed by atoms with van der Waals surface area (Å²) in [7, 11) is 0. The van der Waals surface area contributed by atoms with E-state index in [2.05, 4.69) is 20.5 Å². The van der Waals surface area contributed by atoms with E-state index in [1.54, 1.807) is 6.20 Å². The minimum Gasteiger partial charge on any atom is -0.410 e. The first-order valence-electron chi connectivity index (χ1n) is 7.79. The average Bonchev–Trinajstić information content (AvgIpc) is 3.08. The topological polar surface area (TPSA) is 83.8 Å². The molecule has 1 fully saturated rings. The van der Waals surface area contributed by atoms with Crippen molar-refractivity contribution in [2.75, 3.05) is 0 Å². The van der Waals surface area contributed by atoms with Crippen LogP contribution < -0.4 is 5.32 Å². The van der Waals surface area contributed by atoms with Crippen molar-refractivity contribution in [3.8, 4) is 11.6 Å². The second kappa shape index (κ2) is 6.52. The Balaban J connectivity index is 1.56. The van der Waals surface area contributed by atoms with Crippen LogP contribution in [0.4, 0.5) is 0 Å². The molecule has 1 atom stereocenters. The van der Waals surface area contributed by atoms with Gasteiger partial charge in [0.2, 0.25) is 5.91 Å². The largest absolute Gasteiger partial charge is 0.410 e. The van der Waals surface area contributed by atoms with E-state index >= 15 is 0 Å². The third-order valence-electron chi connectivity index (χ3n) is 3.72. The molecule has 3 aromatic rings. The number of rotatable bonds is 6. The molecule has 7 heteroatoms. The van der Waals surface area contributed by atoms with Crippen molar-refractivity contribution in [2.45, 2.75) is 29.4 Å². The Morgan fingerprint density at radius 2 is 2.04 bits per heavy atom. The third-order valence-corrected chi connectivity index (χ3v) is 4.81. The Labute approximate surface area is 143 Å². The van der Waals surface area contributed by atoms with Crippen LogP contribution in [0, 0.1) is 0 Å². The standard InChI is InChI=1S/C17H16N4O2S/c22-15(19-12-8-9-12)14(11-5-2-1-3-6-11)24-17-21-20-16(23-17)13-7-4-10-18-13/h1-7,10,12,14,18H,8-9H2,(H,19,22). The predicted molar refractivity (Wildman–Crippen MR) is 90.3 cm³/mol. The van der Waals surface area contributed by atoms with Gasteiger partial charge < -0.3 is 14.7 Å². The molecule has 24 heavy (non-hydrogen) atoms. The summed E-state index contributed by atoms with van der Waals surface area (Å²) < 4.78 is 5.68. The van der Waals surface area contributed by atoms with Gasteiger partial charge in [0.05, 0.1) is 0 Å². The highest BCUT2D eigenvalue weighted by Crippen LogP contribution is 2.36. The lowest BCUT2D eigenvalue weighted by Crippen LogP contribution is -2.29. The van der Waals surface area contributed by atoms with Crippen molar-refractivity contribution >= 4 is 17.7 Å². The molecular weight excluding hydrogens is 324 g/mol. The molecule has 0 spiro atoms. The van der Waals surface area contributed by atoms with Crippen LogP contribution in [0.1, 0.15) is 23.7 Å². The van der Waals surface area contributed by atoms with Gasteiger partial charge in [0.25, 0.3) is 11.1 Å². The molecule has 2 N–H and O–H groups in total. The summed E-state index contributed by atoms with van der Waals surface area (Å²) in [5, 5.41) is 11.1. The zero-order valence-electron chi connectivity index (χ0n) is 12.8. The lowest BCUT2D eigenvalue weighted by Gasteiger charge is -2.14. The molecule has 2 aromatic heterocycles. The number of amides is 1. The smallest absolute Gasteiger partial charge is 0.278 e. The number of carbonyl (C=O) groups is 1. The van der Waals surface area contributed by atoms with E-state index in [9.17, 15) is 4.79 Å². The van der Waals surface area contributed by atoms with Crippen molar-refractivity contribution in [1.82, 2.24) is 20.5 Å². The average molecular weight is 340 g/mol. The van der Waals surface area contributed by atoms with E-state index in [0.717, 1.165) is 24.1 Å². The first kappa shape index (κ1) is 15.0. The van der Waals surface area contributed by atoms with Crippen molar-refractivity contribution in [3.05, 3.63) is 54.2 Å². The van der Waals surface area contributed by atoms with Crippen LogP contribution in [0.25, 0.3) is 11.6 Å². The summed E-state index contributed by atoms with van der Waals surface area (Å²) in [4.78, 5) is 15.6. The number of benzene rings is 1. The van der Waals surface area contributed by atoms with E-state index in [1.165, 1.54) is 11.8 Å². The van der Waals surface area contributed by atoms with Crippen molar-refractivity contribution < 1.29 is 9.21 Å². The van der Waals surface area contributed by atoms with Crippen LogP contribution >= 0.6 is 11.8 Å². The molecule has 1 unspecified atom stereocenters. The summed E-state index contributed by atoms with van der Waals surface area (Å²) in [5.74, 6) is 0.394. The zero-order chi connectivity index (χ0) is 16.4. The Morgan fingerprint density at radius 3 is 2.75 bits per heavy atom. The molecule has 122 valence electrons. The maximum Gasteiger partial charge on any atom is 0.278 e. The summed E-state index contributed by atoms with van der Waals surface area (Å²) >= 11 is 1.27. The molecule has 0 saturated heterocycles. The number of aromatic nitrogens is 3. The van der Waals surface area contributed by atoms with Crippen LogP contribution in [0.5, 0.6) is 0 Å². The first-order valence-corrected chi connectivity index (χ1v) is 8.67. The van der Waals surface area contributed by atoms with Crippen LogP contribution in [-0.4, -0.2) is 27.1 Å². The van der Waals surface area contributed by atoms with Gasteiger partial charge in [-0.3, -0.25) is 4.79 Å². The number of nitrogens with zero attached hydrogens (tertiary/aromatic N) is 2. The highest BCUT2D eigenvalue weighted by molar-refractivity contribution is 8.00. The van der Waals surface area contributed by atoms with Crippen molar-refractivity contribution in [2.24, 2.45) is 0 Å². The highest BCUT2D eigenvalue weighted by atomic mass is 32.2. The summed E-state index contributed by atoms with van der Waals surface area (Å²) in [6, 6.07) is 13.7. The number of hydrogen-bond acceptors (Lipinski definition) is 5. The fourth-order valence-corrected chi connectivity index (χ4v) is 3.22. The fraction of sp³-hybridized carbons (Fsp3) is 0.235. The maximum atomic E-state index is 12.6. The number of H-pyrrole nitrogens is 1. The Hall–Kier alpha value is -2.54. The monoisotopic (exact) mass is 340 g/mol. The van der Waals surface area contributed by atoms with Gasteiger partial charge in [0, 0.05) is 12.2 Å². The number of aromatic amines is 1. The number of carbonyl (C=O) groups excluding carboxylic acids is 1. The van der Waals surface area contributed by atoms with Gasteiger partial charge in [-0.2, -0.15) is 0 Å². The Kier molecular flexibility index (Phi) is 4.08. The van der Waals surface area contributed by atoms with Gasteiger partial charge in [0.15, 0.2) is 0 Å². The van der Waals surface area contributed by atoms with Crippen LogP contribution in [0.2, 0.25) is 0 Å². The molecule has 6 nitrogen and oxygen atoms in total. The second-order valence-corrected chi connectivity index (χ2v) is 6.70. The maximum absolute atomic E-state index is 12.6. The molecular formula is C17H16N4O2S. The Morgan fingerprint density at radius 1 is 1.21 bits per heavy atom. The summed E-state index contributed by atoms with van der Waals surface area (Å²) in [6.45, 7) is 0. The molecule has 0 bridgehead atoms.